The van der Waals surface area contributed by atoms with Crippen LogP contribution < -0.4 is 0 Å². The Kier molecular flexibility index (Phi) is 4.04. The predicted octanol–water partition coefficient (Wildman–Crippen LogP) is 2.87. The maximum Gasteiger partial charge on any atom is 0.340 e. The van der Waals surface area contributed by atoms with Crippen LogP contribution >= 0.6 is 23.1 Å². The summed E-state index contributed by atoms with van der Waals surface area (Å²) in [7, 11) is 0. The SMILES string of the molecule is CC(C)n1ncc2cc(C(=O)OCc3nnsc3Cl)cnc21. The van der Waals surface area contributed by atoms with E-state index in [1.807, 2.05) is 13.8 Å². The van der Waals surface area contributed by atoms with Gasteiger partial charge in [-0.2, -0.15) is 5.10 Å². The molecule has 7 nitrogen and oxygen atoms in total. The van der Waals surface area contributed by atoms with Crippen molar-refractivity contribution >= 4 is 40.1 Å². The van der Waals surface area contributed by atoms with Gasteiger partial charge in [-0.15, -0.1) is 5.10 Å². The van der Waals surface area contributed by atoms with Crippen LogP contribution in [0.5, 0.6) is 0 Å². The van der Waals surface area contributed by atoms with Crippen LogP contribution in [0.4, 0.5) is 0 Å². The minimum Gasteiger partial charge on any atom is -0.455 e. The summed E-state index contributed by atoms with van der Waals surface area (Å²) in [4.78, 5) is 16.4. The maximum atomic E-state index is 12.1. The van der Waals surface area contributed by atoms with E-state index < -0.39 is 5.97 Å². The third kappa shape index (κ3) is 2.79. The molecule has 3 aromatic heterocycles. The molecule has 9 heteroatoms. The summed E-state index contributed by atoms with van der Waals surface area (Å²) in [5.74, 6) is -0.490. The van der Waals surface area contributed by atoms with Crippen molar-refractivity contribution in [3.63, 3.8) is 0 Å². The smallest absolute Gasteiger partial charge is 0.340 e. The molecule has 22 heavy (non-hydrogen) atoms. The second kappa shape index (κ2) is 5.98. The summed E-state index contributed by atoms with van der Waals surface area (Å²) < 4.78 is 11.1. The first-order valence-electron chi connectivity index (χ1n) is 6.53. The molecule has 0 atom stereocenters. The Morgan fingerprint density at radius 2 is 2.27 bits per heavy atom. The van der Waals surface area contributed by atoms with Gasteiger partial charge < -0.3 is 4.74 Å². The number of rotatable bonds is 4. The minimum absolute atomic E-state index is 0.0164. The Hall–Kier alpha value is -2.06. The Labute approximate surface area is 135 Å². The number of halogens is 1. The second-order valence-electron chi connectivity index (χ2n) is 4.89. The molecular formula is C13H12ClN5O2S. The number of carbonyl (C=O) groups is 1. The lowest BCUT2D eigenvalue weighted by molar-refractivity contribution is 0.0467. The normalized spacial score (nSPS) is 11.3. The quantitative estimate of drug-likeness (QED) is 0.681. The van der Waals surface area contributed by atoms with Gasteiger partial charge in [0.15, 0.2) is 5.65 Å². The summed E-state index contributed by atoms with van der Waals surface area (Å²) in [6, 6.07) is 1.90. The van der Waals surface area contributed by atoms with Crippen LogP contribution in [0, 0.1) is 0 Å². The van der Waals surface area contributed by atoms with Gasteiger partial charge in [0.05, 0.1) is 11.8 Å². The van der Waals surface area contributed by atoms with Crippen LogP contribution in [0.3, 0.4) is 0 Å². The molecule has 3 heterocycles. The van der Waals surface area contributed by atoms with Gasteiger partial charge in [-0.05, 0) is 19.9 Å². The first-order valence-corrected chi connectivity index (χ1v) is 7.68. The summed E-state index contributed by atoms with van der Waals surface area (Å²) in [5, 5.41) is 8.83. The fourth-order valence-corrected chi connectivity index (χ4v) is 2.53. The average molecular weight is 338 g/mol. The Balaban J connectivity index is 1.78. The summed E-state index contributed by atoms with van der Waals surface area (Å²) in [6.45, 7) is 4.02. The minimum atomic E-state index is -0.490. The molecule has 0 N–H and O–H groups in total. The predicted molar refractivity (Wildman–Crippen MR) is 82.0 cm³/mol. The molecule has 0 aliphatic heterocycles. The number of aromatic nitrogens is 5. The summed E-state index contributed by atoms with van der Waals surface area (Å²) in [5.41, 5.74) is 1.54. The van der Waals surface area contributed by atoms with E-state index in [-0.39, 0.29) is 12.6 Å². The largest absolute Gasteiger partial charge is 0.455 e. The second-order valence-corrected chi connectivity index (χ2v) is 6.25. The molecular weight excluding hydrogens is 326 g/mol. The van der Waals surface area contributed by atoms with Crippen molar-refractivity contribution in [1.29, 1.82) is 0 Å². The van der Waals surface area contributed by atoms with Gasteiger partial charge in [0.1, 0.15) is 16.6 Å². The van der Waals surface area contributed by atoms with Crippen LogP contribution in [0.2, 0.25) is 4.34 Å². The van der Waals surface area contributed by atoms with Gasteiger partial charge in [-0.25, -0.2) is 14.5 Å². The van der Waals surface area contributed by atoms with Crippen molar-refractivity contribution in [3.8, 4) is 0 Å². The van der Waals surface area contributed by atoms with E-state index in [0.717, 1.165) is 22.6 Å². The molecule has 0 aromatic carbocycles. The molecule has 0 saturated heterocycles. The zero-order valence-electron chi connectivity index (χ0n) is 11.9. The van der Waals surface area contributed by atoms with E-state index in [4.69, 9.17) is 16.3 Å². The van der Waals surface area contributed by atoms with Gasteiger partial charge in [0, 0.05) is 29.2 Å². The van der Waals surface area contributed by atoms with Crippen molar-refractivity contribution in [2.75, 3.05) is 0 Å². The van der Waals surface area contributed by atoms with Gasteiger partial charge >= 0.3 is 5.97 Å². The molecule has 3 aromatic rings. The molecule has 0 fully saturated rings. The highest BCUT2D eigenvalue weighted by atomic mass is 35.5. The van der Waals surface area contributed by atoms with Gasteiger partial charge in [-0.3, -0.25) is 0 Å². The van der Waals surface area contributed by atoms with Crippen molar-refractivity contribution in [1.82, 2.24) is 24.4 Å². The highest BCUT2D eigenvalue weighted by Crippen LogP contribution is 2.20. The van der Waals surface area contributed by atoms with E-state index in [0.29, 0.717) is 15.6 Å². The summed E-state index contributed by atoms with van der Waals surface area (Å²) in [6.07, 6.45) is 3.16. The molecule has 0 radical (unpaired) electrons. The molecule has 3 rings (SSSR count). The Morgan fingerprint density at radius 3 is 2.95 bits per heavy atom. The van der Waals surface area contributed by atoms with Gasteiger partial charge in [-0.1, -0.05) is 16.1 Å². The highest BCUT2D eigenvalue weighted by Gasteiger charge is 2.14. The molecule has 114 valence electrons. The van der Waals surface area contributed by atoms with E-state index in [9.17, 15) is 4.79 Å². The van der Waals surface area contributed by atoms with E-state index in [1.165, 1.54) is 6.20 Å². The molecule has 0 aliphatic carbocycles. The van der Waals surface area contributed by atoms with Crippen LogP contribution in [0.25, 0.3) is 11.0 Å². The van der Waals surface area contributed by atoms with Gasteiger partial charge in [0.2, 0.25) is 0 Å². The number of nitrogens with zero attached hydrogens (tertiary/aromatic N) is 5. The Morgan fingerprint density at radius 1 is 1.45 bits per heavy atom. The first-order chi connectivity index (χ1) is 10.6. The van der Waals surface area contributed by atoms with Crippen molar-refractivity contribution < 1.29 is 9.53 Å². The lowest BCUT2D eigenvalue weighted by atomic mass is 10.2. The van der Waals surface area contributed by atoms with Crippen LogP contribution in [-0.4, -0.2) is 30.3 Å². The number of ether oxygens (including phenoxy) is 1. The van der Waals surface area contributed by atoms with E-state index >= 15 is 0 Å². The zero-order chi connectivity index (χ0) is 15.7. The van der Waals surface area contributed by atoms with E-state index in [1.54, 1.807) is 16.9 Å². The monoisotopic (exact) mass is 337 g/mol. The number of fused-ring (bicyclic) bond motifs is 1. The van der Waals surface area contributed by atoms with Crippen molar-refractivity contribution in [3.05, 3.63) is 34.1 Å². The third-order valence-corrected chi connectivity index (χ3v) is 3.99. The van der Waals surface area contributed by atoms with Crippen LogP contribution in [0.1, 0.15) is 35.9 Å². The lowest BCUT2D eigenvalue weighted by Crippen LogP contribution is -2.07. The van der Waals surface area contributed by atoms with Crippen molar-refractivity contribution in [2.24, 2.45) is 0 Å². The lowest BCUT2D eigenvalue weighted by Gasteiger charge is -2.06. The average Bonchev–Trinajstić information content (AvgIpc) is 3.10. The molecule has 0 amide bonds. The van der Waals surface area contributed by atoms with Crippen LogP contribution in [-0.2, 0) is 11.3 Å². The van der Waals surface area contributed by atoms with Crippen LogP contribution in [0.15, 0.2) is 18.5 Å². The standard InChI is InChI=1S/C13H12ClN5O2S/c1-7(2)19-12-8(5-16-19)3-9(4-15-12)13(20)21-6-10-11(14)22-18-17-10/h3-5,7H,6H2,1-2H3. The maximum absolute atomic E-state index is 12.1. The zero-order valence-corrected chi connectivity index (χ0v) is 13.4. The topological polar surface area (TPSA) is 82.8 Å². The molecule has 0 bridgehead atoms. The van der Waals surface area contributed by atoms with Crippen molar-refractivity contribution in [2.45, 2.75) is 26.5 Å². The third-order valence-electron chi connectivity index (χ3n) is 3.01. The Bertz CT molecular complexity index is 829. The summed E-state index contributed by atoms with van der Waals surface area (Å²) >= 11 is 6.91. The number of pyridine rings is 1. The van der Waals surface area contributed by atoms with E-state index in [2.05, 4.69) is 19.7 Å². The molecule has 0 spiro atoms. The molecule has 0 aliphatic rings. The highest BCUT2D eigenvalue weighted by molar-refractivity contribution is 7.10. The van der Waals surface area contributed by atoms with Gasteiger partial charge in [0.25, 0.3) is 0 Å². The fraction of sp³-hybridized carbons (Fsp3) is 0.308. The number of carbonyl (C=O) groups excluding carboxylic acids is 1. The molecule has 0 unspecified atom stereocenters. The molecule has 0 saturated carbocycles. The number of esters is 1. The number of hydrogen-bond acceptors (Lipinski definition) is 7. The number of hydrogen-bond donors (Lipinski definition) is 0. The first kappa shape index (κ1) is 14.9. The fourth-order valence-electron chi connectivity index (χ4n) is 1.93.